The quantitative estimate of drug-likeness (QED) is 0.466. The molecule has 0 amide bonds. The Hall–Kier alpha value is -0.990. The van der Waals surface area contributed by atoms with Crippen LogP contribution in [0.2, 0.25) is 0 Å². The van der Waals surface area contributed by atoms with Gasteiger partial charge in [0, 0.05) is 0 Å². The van der Waals surface area contributed by atoms with Crippen LogP contribution in [0.15, 0.2) is 12.2 Å². The summed E-state index contributed by atoms with van der Waals surface area (Å²) in [4.78, 5) is 9.76. The van der Waals surface area contributed by atoms with E-state index in [1.807, 2.05) is 6.92 Å². The maximum absolute atomic E-state index is 9.76. The smallest absolute Gasteiger partial charge is 0.450 e. The van der Waals surface area contributed by atoms with Gasteiger partial charge in [-0.15, -0.1) is 0 Å². The van der Waals surface area contributed by atoms with Crippen LogP contribution < -0.4 is 0 Å². The Kier molecular flexibility index (Phi) is 3.51. The molecule has 9 heavy (non-hydrogen) atoms. The van der Waals surface area contributed by atoms with Crippen molar-refractivity contribution < 1.29 is 14.6 Å². The van der Waals surface area contributed by atoms with Gasteiger partial charge in [-0.3, -0.25) is 0 Å². The van der Waals surface area contributed by atoms with E-state index < -0.39 is 6.16 Å². The van der Waals surface area contributed by atoms with Crippen LogP contribution in [0.3, 0.4) is 0 Å². The van der Waals surface area contributed by atoms with Gasteiger partial charge in [0.15, 0.2) is 0 Å². The van der Waals surface area contributed by atoms with Crippen LogP contribution in [0.5, 0.6) is 0 Å². The zero-order valence-electron chi connectivity index (χ0n) is 5.39. The molecular weight excluding hydrogens is 120 g/mol. The molecule has 0 aromatic rings. The van der Waals surface area contributed by atoms with Gasteiger partial charge in [0.2, 0.25) is 0 Å². The van der Waals surface area contributed by atoms with Crippen LogP contribution in [0.4, 0.5) is 4.79 Å². The Bertz CT molecular complexity index is 117. The van der Waals surface area contributed by atoms with Crippen LogP contribution in [-0.4, -0.2) is 17.9 Å². The Morgan fingerprint density at radius 2 is 2.33 bits per heavy atom. The van der Waals surface area contributed by atoms with Gasteiger partial charge in [0.1, 0.15) is 6.61 Å². The van der Waals surface area contributed by atoms with E-state index in [-0.39, 0.29) is 6.61 Å². The molecule has 0 saturated heterocycles. The molecule has 1 N–H and O–H groups in total. The van der Waals surface area contributed by atoms with Crippen molar-refractivity contribution in [3.05, 3.63) is 12.2 Å². The molecule has 0 unspecified atom stereocenters. The Labute approximate surface area is 53.9 Å². The highest BCUT2D eigenvalue weighted by atomic mass is 16.7. The first-order chi connectivity index (χ1) is 4.16. The van der Waals surface area contributed by atoms with Crippen LogP contribution in [0, 0.1) is 0 Å². The molecule has 0 bridgehead atoms. The van der Waals surface area contributed by atoms with Gasteiger partial charge in [-0.05, 0) is 12.0 Å². The van der Waals surface area contributed by atoms with E-state index in [4.69, 9.17) is 5.11 Å². The van der Waals surface area contributed by atoms with Gasteiger partial charge in [0.25, 0.3) is 0 Å². The fourth-order valence-corrected chi connectivity index (χ4v) is 0.266. The van der Waals surface area contributed by atoms with Gasteiger partial charge < -0.3 is 9.84 Å². The molecule has 0 aliphatic rings. The minimum atomic E-state index is -1.25. The molecule has 52 valence electrons. The van der Waals surface area contributed by atoms with Gasteiger partial charge in [-0.2, -0.15) is 0 Å². The largest absolute Gasteiger partial charge is 0.506 e. The second-order valence-corrected chi connectivity index (χ2v) is 1.66. The standard InChI is InChI=1S/C6H10O3/c1-3-5(2)4-9-6(7)8/h2-4H2,1H3,(H,7,8). The summed E-state index contributed by atoms with van der Waals surface area (Å²) in [7, 11) is 0. The molecule has 0 fully saturated rings. The summed E-state index contributed by atoms with van der Waals surface area (Å²) in [6.45, 7) is 5.57. The van der Waals surface area contributed by atoms with Crippen molar-refractivity contribution in [1.82, 2.24) is 0 Å². The van der Waals surface area contributed by atoms with E-state index in [9.17, 15) is 4.79 Å². The Morgan fingerprint density at radius 1 is 1.78 bits per heavy atom. The summed E-state index contributed by atoms with van der Waals surface area (Å²) in [5.41, 5.74) is 0.789. The highest BCUT2D eigenvalue weighted by Gasteiger charge is 1.95. The second-order valence-electron chi connectivity index (χ2n) is 1.66. The van der Waals surface area contributed by atoms with Gasteiger partial charge in [-0.25, -0.2) is 4.79 Å². The first kappa shape index (κ1) is 8.01. The normalized spacial score (nSPS) is 8.56. The number of rotatable bonds is 3. The van der Waals surface area contributed by atoms with Crippen LogP contribution >= 0.6 is 0 Å². The molecule has 0 radical (unpaired) electrons. The van der Waals surface area contributed by atoms with Gasteiger partial charge in [-0.1, -0.05) is 13.5 Å². The van der Waals surface area contributed by atoms with Crippen molar-refractivity contribution in [2.45, 2.75) is 13.3 Å². The Balaban J connectivity index is 3.28. The number of hydrogen-bond donors (Lipinski definition) is 1. The molecule has 3 nitrogen and oxygen atoms in total. The minimum absolute atomic E-state index is 0.117. The lowest BCUT2D eigenvalue weighted by Crippen LogP contribution is -2.02. The van der Waals surface area contributed by atoms with E-state index in [1.54, 1.807) is 0 Å². The third kappa shape index (κ3) is 4.87. The summed E-state index contributed by atoms with van der Waals surface area (Å²) in [6.07, 6.45) is -0.489. The maximum Gasteiger partial charge on any atom is 0.506 e. The molecule has 0 aromatic carbocycles. The highest BCUT2D eigenvalue weighted by Crippen LogP contribution is 1.95. The molecular formula is C6H10O3. The number of ether oxygens (including phenoxy) is 1. The summed E-state index contributed by atoms with van der Waals surface area (Å²) in [6, 6.07) is 0. The molecule has 0 rings (SSSR count). The SMILES string of the molecule is C=C(CC)COC(=O)O. The van der Waals surface area contributed by atoms with Gasteiger partial charge in [0.05, 0.1) is 0 Å². The fraction of sp³-hybridized carbons (Fsp3) is 0.500. The van der Waals surface area contributed by atoms with E-state index in [2.05, 4.69) is 11.3 Å². The van der Waals surface area contributed by atoms with Crippen molar-refractivity contribution >= 4 is 6.16 Å². The maximum atomic E-state index is 9.76. The highest BCUT2D eigenvalue weighted by molar-refractivity contribution is 5.57. The number of hydrogen-bond acceptors (Lipinski definition) is 2. The van der Waals surface area contributed by atoms with Gasteiger partial charge >= 0.3 is 6.16 Å². The zero-order chi connectivity index (χ0) is 7.28. The summed E-state index contributed by atoms with van der Waals surface area (Å²) in [5.74, 6) is 0. The lowest BCUT2D eigenvalue weighted by molar-refractivity contribution is 0.0992. The van der Waals surface area contributed by atoms with Crippen molar-refractivity contribution in [3.8, 4) is 0 Å². The van der Waals surface area contributed by atoms with Crippen molar-refractivity contribution in [2.75, 3.05) is 6.61 Å². The molecule has 0 aromatic heterocycles. The van der Waals surface area contributed by atoms with Crippen LogP contribution in [0.1, 0.15) is 13.3 Å². The van der Waals surface area contributed by atoms with E-state index in [0.717, 1.165) is 12.0 Å². The van der Waals surface area contributed by atoms with E-state index in [0.29, 0.717) is 0 Å². The molecule has 0 atom stereocenters. The predicted octanol–water partition coefficient (Wildman–Crippen LogP) is 1.65. The van der Waals surface area contributed by atoms with Crippen molar-refractivity contribution in [3.63, 3.8) is 0 Å². The van der Waals surface area contributed by atoms with E-state index >= 15 is 0 Å². The number of carboxylic acid groups (broad SMARTS) is 1. The Morgan fingerprint density at radius 3 is 2.67 bits per heavy atom. The van der Waals surface area contributed by atoms with E-state index in [1.165, 1.54) is 0 Å². The predicted molar refractivity (Wildman–Crippen MR) is 33.4 cm³/mol. The first-order valence-electron chi connectivity index (χ1n) is 2.69. The summed E-state index contributed by atoms with van der Waals surface area (Å²) in [5, 5.41) is 7.99. The number of carbonyl (C=O) groups is 1. The topological polar surface area (TPSA) is 46.5 Å². The fourth-order valence-electron chi connectivity index (χ4n) is 0.266. The molecule has 0 aliphatic carbocycles. The third-order valence-electron chi connectivity index (χ3n) is 0.900. The average molecular weight is 130 g/mol. The second kappa shape index (κ2) is 3.95. The molecule has 0 heterocycles. The molecule has 3 heteroatoms. The lowest BCUT2D eigenvalue weighted by Gasteiger charge is -1.99. The minimum Gasteiger partial charge on any atom is -0.450 e. The third-order valence-corrected chi connectivity index (χ3v) is 0.900. The van der Waals surface area contributed by atoms with Crippen molar-refractivity contribution in [2.24, 2.45) is 0 Å². The summed E-state index contributed by atoms with van der Waals surface area (Å²) >= 11 is 0. The average Bonchev–Trinajstić information content (AvgIpc) is 1.83. The lowest BCUT2D eigenvalue weighted by atomic mass is 10.3. The first-order valence-corrected chi connectivity index (χ1v) is 2.69. The summed E-state index contributed by atoms with van der Waals surface area (Å²) < 4.78 is 4.21. The molecule has 0 spiro atoms. The molecule has 0 aliphatic heterocycles. The molecule has 0 saturated carbocycles. The monoisotopic (exact) mass is 130 g/mol. The van der Waals surface area contributed by atoms with Crippen LogP contribution in [-0.2, 0) is 4.74 Å². The van der Waals surface area contributed by atoms with Crippen molar-refractivity contribution in [1.29, 1.82) is 0 Å². The van der Waals surface area contributed by atoms with Crippen LogP contribution in [0.25, 0.3) is 0 Å². The zero-order valence-corrected chi connectivity index (χ0v) is 5.39.